The molecule has 2 N–H and O–H groups in total. The van der Waals surface area contributed by atoms with Gasteiger partial charge in [0.2, 0.25) is 0 Å². The Morgan fingerprint density at radius 1 is 1.33 bits per heavy atom. The highest BCUT2D eigenvalue weighted by Crippen LogP contribution is 2.27. The zero-order valence-electron chi connectivity index (χ0n) is 13.7. The molecule has 3 rings (SSSR count). The van der Waals surface area contributed by atoms with Crippen LogP contribution in [0.25, 0.3) is 0 Å². The molecule has 5 nitrogen and oxygen atoms in total. The summed E-state index contributed by atoms with van der Waals surface area (Å²) in [5, 5.41) is 2.79. The standard InChI is InChI=1S/C17H22N4OS.ClH/c1-20-9-10-21(15(11-20)13-5-3-2-4-6-13)17(22)14-12-23-16(19-14)7-8-18;/h2-6,12,15H,7-11,18H2,1H3;1H. The van der Waals surface area contributed by atoms with Gasteiger partial charge in [0, 0.05) is 31.4 Å². The molecule has 7 heteroatoms. The predicted octanol–water partition coefficient (Wildman–Crippen LogP) is 2.19. The molecular weight excluding hydrogens is 344 g/mol. The van der Waals surface area contributed by atoms with E-state index < -0.39 is 0 Å². The van der Waals surface area contributed by atoms with E-state index in [4.69, 9.17) is 5.73 Å². The van der Waals surface area contributed by atoms with Crippen molar-refractivity contribution in [3.63, 3.8) is 0 Å². The Labute approximate surface area is 152 Å². The van der Waals surface area contributed by atoms with Gasteiger partial charge in [-0.15, -0.1) is 23.7 Å². The Morgan fingerprint density at radius 3 is 2.79 bits per heavy atom. The number of hydrogen-bond acceptors (Lipinski definition) is 5. The second-order valence-electron chi connectivity index (χ2n) is 5.85. The normalized spacial score (nSPS) is 18.2. The topological polar surface area (TPSA) is 62.5 Å². The molecule has 0 saturated carbocycles. The zero-order chi connectivity index (χ0) is 16.2. The number of nitrogens with two attached hydrogens (primary N) is 1. The van der Waals surface area contributed by atoms with Gasteiger partial charge in [-0.3, -0.25) is 4.79 Å². The van der Waals surface area contributed by atoms with Crippen molar-refractivity contribution >= 4 is 29.7 Å². The molecule has 1 fully saturated rings. The fourth-order valence-corrected chi connectivity index (χ4v) is 3.71. The monoisotopic (exact) mass is 366 g/mol. The number of carbonyl (C=O) groups excluding carboxylic acids is 1. The van der Waals surface area contributed by atoms with E-state index in [1.54, 1.807) is 0 Å². The summed E-state index contributed by atoms with van der Waals surface area (Å²) in [5.74, 6) is 0.0199. The molecule has 0 spiro atoms. The summed E-state index contributed by atoms with van der Waals surface area (Å²) >= 11 is 1.52. The van der Waals surface area contributed by atoms with Crippen molar-refractivity contribution in [1.82, 2.24) is 14.8 Å². The maximum atomic E-state index is 12.9. The highest BCUT2D eigenvalue weighted by atomic mass is 35.5. The molecule has 1 unspecified atom stereocenters. The number of piperazine rings is 1. The molecule has 0 bridgehead atoms. The molecule has 1 amide bonds. The van der Waals surface area contributed by atoms with Gasteiger partial charge in [0.1, 0.15) is 5.69 Å². The van der Waals surface area contributed by atoms with Crippen molar-refractivity contribution < 1.29 is 4.79 Å². The summed E-state index contributed by atoms with van der Waals surface area (Å²) in [7, 11) is 2.10. The molecule has 1 atom stereocenters. The van der Waals surface area contributed by atoms with Crippen molar-refractivity contribution in [1.29, 1.82) is 0 Å². The molecule has 1 saturated heterocycles. The van der Waals surface area contributed by atoms with Crippen molar-refractivity contribution in [3.8, 4) is 0 Å². The van der Waals surface area contributed by atoms with E-state index in [-0.39, 0.29) is 24.4 Å². The van der Waals surface area contributed by atoms with Crippen LogP contribution >= 0.6 is 23.7 Å². The van der Waals surface area contributed by atoms with Crippen LogP contribution in [0.2, 0.25) is 0 Å². The second kappa shape index (κ2) is 8.58. The molecule has 1 aliphatic rings. The van der Waals surface area contributed by atoms with Crippen LogP contribution in [0.15, 0.2) is 35.7 Å². The van der Waals surface area contributed by atoms with Crippen LogP contribution in [-0.4, -0.2) is 53.9 Å². The molecule has 2 heterocycles. The number of hydrogen-bond donors (Lipinski definition) is 1. The minimum Gasteiger partial charge on any atom is -0.330 e. The Morgan fingerprint density at radius 2 is 2.08 bits per heavy atom. The average Bonchev–Trinajstić information content (AvgIpc) is 3.04. The first-order chi connectivity index (χ1) is 11.2. The first-order valence-corrected chi connectivity index (χ1v) is 8.76. The second-order valence-corrected chi connectivity index (χ2v) is 6.80. The summed E-state index contributed by atoms with van der Waals surface area (Å²) in [6.07, 6.45) is 0.725. The lowest BCUT2D eigenvalue weighted by atomic mass is 10.0. The minimum atomic E-state index is 0. The zero-order valence-corrected chi connectivity index (χ0v) is 15.4. The third-order valence-electron chi connectivity index (χ3n) is 4.16. The first kappa shape index (κ1) is 18.9. The third-order valence-corrected chi connectivity index (χ3v) is 5.07. The maximum absolute atomic E-state index is 12.9. The van der Waals surface area contributed by atoms with Gasteiger partial charge in [-0.2, -0.15) is 0 Å². The van der Waals surface area contributed by atoms with E-state index in [9.17, 15) is 4.79 Å². The number of benzene rings is 1. The molecule has 2 aromatic rings. The molecule has 1 aliphatic heterocycles. The van der Waals surface area contributed by atoms with Gasteiger partial charge in [-0.1, -0.05) is 30.3 Å². The fraction of sp³-hybridized carbons (Fsp3) is 0.412. The van der Waals surface area contributed by atoms with Gasteiger partial charge in [-0.25, -0.2) is 4.98 Å². The Balaban J connectivity index is 0.00000208. The number of likely N-dealkylation sites (N-methyl/N-ethyl adjacent to an activating group) is 1. The van der Waals surface area contributed by atoms with Crippen LogP contribution in [0.1, 0.15) is 27.1 Å². The Hall–Kier alpha value is -1.47. The number of rotatable bonds is 4. The van der Waals surface area contributed by atoms with Gasteiger partial charge in [0.05, 0.1) is 11.0 Å². The summed E-state index contributed by atoms with van der Waals surface area (Å²) in [5.41, 5.74) is 7.28. The smallest absolute Gasteiger partial charge is 0.273 e. The molecule has 0 radical (unpaired) electrons. The first-order valence-electron chi connectivity index (χ1n) is 7.88. The highest BCUT2D eigenvalue weighted by Gasteiger charge is 2.31. The Kier molecular flexibility index (Phi) is 6.74. The van der Waals surface area contributed by atoms with Gasteiger partial charge < -0.3 is 15.5 Å². The number of halogens is 1. The van der Waals surface area contributed by atoms with E-state index in [0.29, 0.717) is 12.2 Å². The third kappa shape index (κ3) is 4.13. The van der Waals surface area contributed by atoms with Crippen molar-refractivity contribution in [2.45, 2.75) is 12.5 Å². The Bertz CT molecular complexity index is 664. The quantitative estimate of drug-likeness (QED) is 0.901. The van der Waals surface area contributed by atoms with E-state index in [1.807, 2.05) is 28.5 Å². The van der Waals surface area contributed by atoms with Gasteiger partial charge in [0.25, 0.3) is 5.91 Å². The lowest BCUT2D eigenvalue weighted by molar-refractivity contribution is 0.0493. The number of thiazole rings is 1. The molecule has 130 valence electrons. The number of nitrogens with zero attached hydrogens (tertiary/aromatic N) is 3. The van der Waals surface area contributed by atoms with Crippen LogP contribution in [0.5, 0.6) is 0 Å². The fourth-order valence-electron chi connectivity index (χ4n) is 2.92. The van der Waals surface area contributed by atoms with Crippen LogP contribution in [0.4, 0.5) is 0 Å². The van der Waals surface area contributed by atoms with Crippen LogP contribution in [-0.2, 0) is 6.42 Å². The number of amides is 1. The van der Waals surface area contributed by atoms with Crippen molar-refractivity contribution in [2.24, 2.45) is 5.73 Å². The molecule has 1 aromatic heterocycles. The molecule has 0 aliphatic carbocycles. The summed E-state index contributed by atoms with van der Waals surface area (Å²) in [4.78, 5) is 21.6. The van der Waals surface area contributed by atoms with E-state index in [0.717, 1.165) is 31.1 Å². The minimum absolute atomic E-state index is 0. The SMILES string of the molecule is CN1CCN(C(=O)c2csc(CCN)n2)C(c2ccccc2)C1.Cl. The number of aromatic nitrogens is 1. The van der Waals surface area contributed by atoms with Crippen molar-refractivity contribution in [2.75, 3.05) is 33.2 Å². The maximum Gasteiger partial charge on any atom is 0.273 e. The summed E-state index contributed by atoms with van der Waals surface area (Å²) in [6, 6.07) is 10.3. The van der Waals surface area contributed by atoms with E-state index >= 15 is 0 Å². The van der Waals surface area contributed by atoms with E-state index in [2.05, 4.69) is 29.1 Å². The van der Waals surface area contributed by atoms with Crippen LogP contribution < -0.4 is 5.73 Å². The summed E-state index contributed by atoms with van der Waals surface area (Å²) < 4.78 is 0. The lowest BCUT2D eigenvalue weighted by Gasteiger charge is -2.40. The number of carbonyl (C=O) groups is 1. The van der Waals surface area contributed by atoms with Crippen molar-refractivity contribution in [3.05, 3.63) is 52.0 Å². The van der Waals surface area contributed by atoms with E-state index in [1.165, 1.54) is 16.9 Å². The van der Waals surface area contributed by atoms with Crippen LogP contribution in [0, 0.1) is 0 Å². The molecule has 1 aromatic carbocycles. The lowest BCUT2D eigenvalue weighted by Crippen LogP contribution is -2.49. The van der Waals surface area contributed by atoms with Crippen LogP contribution in [0.3, 0.4) is 0 Å². The molecular formula is C17H23ClN4OS. The highest BCUT2D eigenvalue weighted by molar-refractivity contribution is 7.09. The average molecular weight is 367 g/mol. The largest absolute Gasteiger partial charge is 0.330 e. The van der Waals surface area contributed by atoms with Gasteiger partial charge in [-0.05, 0) is 19.2 Å². The van der Waals surface area contributed by atoms with Gasteiger partial charge in [0.15, 0.2) is 0 Å². The van der Waals surface area contributed by atoms with Gasteiger partial charge >= 0.3 is 0 Å². The predicted molar refractivity (Wildman–Crippen MR) is 99.8 cm³/mol. The molecule has 24 heavy (non-hydrogen) atoms. The summed E-state index contributed by atoms with van der Waals surface area (Å²) in [6.45, 7) is 3.01.